The van der Waals surface area contributed by atoms with Gasteiger partial charge in [0.15, 0.2) is 0 Å². The van der Waals surface area contributed by atoms with Crippen molar-refractivity contribution in [2.45, 2.75) is 23.1 Å². The van der Waals surface area contributed by atoms with E-state index in [1.54, 1.807) is 60.3 Å². The first-order valence-electron chi connectivity index (χ1n) is 10.2. The standard InChI is InChI=1S/C24H25ClN2O3S2/c1-19-8-14-23(15-9-19)32(29,30)27(21-12-10-20(25)11-13-21)18-24(28)26-16-5-17-31-22-6-3-2-4-7-22/h2-4,6-15H,5,16-18H2,1H3,(H,26,28). The van der Waals surface area contributed by atoms with E-state index in [9.17, 15) is 13.2 Å². The van der Waals surface area contributed by atoms with Crippen LogP contribution in [0, 0.1) is 6.92 Å². The number of sulfonamides is 1. The maximum absolute atomic E-state index is 13.3. The van der Waals surface area contributed by atoms with Gasteiger partial charge in [0, 0.05) is 16.5 Å². The third-order valence-electron chi connectivity index (χ3n) is 4.67. The van der Waals surface area contributed by atoms with E-state index in [-0.39, 0.29) is 17.3 Å². The van der Waals surface area contributed by atoms with E-state index in [0.717, 1.165) is 22.0 Å². The molecule has 0 unspecified atom stereocenters. The van der Waals surface area contributed by atoms with Crippen molar-refractivity contribution in [2.24, 2.45) is 0 Å². The number of nitrogens with zero attached hydrogens (tertiary/aromatic N) is 1. The van der Waals surface area contributed by atoms with Gasteiger partial charge in [-0.1, -0.05) is 47.5 Å². The molecule has 0 aliphatic carbocycles. The second-order valence-corrected chi connectivity index (χ2v) is 10.6. The Kier molecular flexibility index (Phi) is 8.61. The van der Waals surface area contributed by atoms with E-state index in [1.807, 2.05) is 37.3 Å². The summed E-state index contributed by atoms with van der Waals surface area (Å²) in [6, 6.07) is 23.0. The molecule has 0 spiro atoms. The molecule has 3 rings (SSSR count). The van der Waals surface area contributed by atoms with E-state index in [1.165, 1.54) is 4.90 Å². The van der Waals surface area contributed by atoms with Gasteiger partial charge in [0.2, 0.25) is 5.91 Å². The lowest BCUT2D eigenvalue weighted by Gasteiger charge is -2.24. The summed E-state index contributed by atoms with van der Waals surface area (Å²) in [5.74, 6) is 0.493. The lowest BCUT2D eigenvalue weighted by atomic mass is 10.2. The Labute approximate surface area is 198 Å². The van der Waals surface area contributed by atoms with Gasteiger partial charge >= 0.3 is 0 Å². The highest BCUT2D eigenvalue weighted by Crippen LogP contribution is 2.25. The maximum Gasteiger partial charge on any atom is 0.264 e. The van der Waals surface area contributed by atoms with Gasteiger partial charge in [-0.3, -0.25) is 9.10 Å². The van der Waals surface area contributed by atoms with Crippen LogP contribution < -0.4 is 9.62 Å². The Balaban J connectivity index is 1.65. The summed E-state index contributed by atoms with van der Waals surface area (Å²) in [7, 11) is -3.92. The number of hydrogen-bond acceptors (Lipinski definition) is 4. The minimum Gasteiger partial charge on any atom is -0.354 e. The number of benzene rings is 3. The summed E-state index contributed by atoms with van der Waals surface area (Å²) in [6.07, 6.45) is 0.775. The van der Waals surface area contributed by atoms with Gasteiger partial charge in [0.25, 0.3) is 10.0 Å². The van der Waals surface area contributed by atoms with Crippen molar-refractivity contribution in [1.29, 1.82) is 0 Å². The van der Waals surface area contributed by atoms with Crippen LogP contribution in [0.5, 0.6) is 0 Å². The second-order valence-electron chi connectivity index (χ2n) is 7.17. The molecule has 0 heterocycles. The Morgan fingerprint density at radius 3 is 2.28 bits per heavy atom. The molecule has 8 heteroatoms. The fourth-order valence-corrected chi connectivity index (χ4v) is 5.37. The lowest BCUT2D eigenvalue weighted by Crippen LogP contribution is -2.41. The largest absolute Gasteiger partial charge is 0.354 e. The smallest absolute Gasteiger partial charge is 0.264 e. The molecule has 0 aromatic heterocycles. The summed E-state index contributed by atoms with van der Waals surface area (Å²) in [5, 5.41) is 3.32. The molecule has 0 fully saturated rings. The van der Waals surface area contributed by atoms with Gasteiger partial charge < -0.3 is 5.32 Å². The summed E-state index contributed by atoms with van der Waals surface area (Å²) in [5.41, 5.74) is 1.33. The van der Waals surface area contributed by atoms with Gasteiger partial charge in [-0.2, -0.15) is 0 Å². The highest BCUT2D eigenvalue weighted by atomic mass is 35.5. The molecule has 1 N–H and O–H groups in total. The third kappa shape index (κ3) is 6.76. The maximum atomic E-state index is 13.3. The van der Waals surface area contributed by atoms with Crippen LogP contribution in [-0.4, -0.2) is 33.2 Å². The van der Waals surface area contributed by atoms with Crippen LogP contribution in [0.2, 0.25) is 5.02 Å². The number of thioether (sulfide) groups is 1. The zero-order chi connectivity index (χ0) is 23.0. The van der Waals surface area contributed by atoms with Crippen molar-refractivity contribution in [3.63, 3.8) is 0 Å². The number of rotatable bonds is 10. The number of amides is 1. The first kappa shape index (κ1) is 24.2. The van der Waals surface area contributed by atoms with Crippen LogP contribution in [-0.2, 0) is 14.8 Å². The molecule has 5 nitrogen and oxygen atoms in total. The second kappa shape index (κ2) is 11.4. The number of anilines is 1. The molecule has 0 bridgehead atoms. The van der Waals surface area contributed by atoms with Gasteiger partial charge in [-0.05, 0) is 67.6 Å². The Bertz CT molecular complexity index is 1120. The van der Waals surface area contributed by atoms with Gasteiger partial charge in [0.1, 0.15) is 6.54 Å². The quantitative estimate of drug-likeness (QED) is 0.317. The Morgan fingerprint density at radius 2 is 1.62 bits per heavy atom. The van der Waals surface area contributed by atoms with Crippen LogP contribution >= 0.6 is 23.4 Å². The third-order valence-corrected chi connectivity index (χ3v) is 7.80. The average molecular weight is 489 g/mol. The van der Waals surface area contributed by atoms with E-state index in [2.05, 4.69) is 5.32 Å². The summed E-state index contributed by atoms with van der Waals surface area (Å²) in [4.78, 5) is 13.9. The zero-order valence-electron chi connectivity index (χ0n) is 17.7. The van der Waals surface area contributed by atoms with E-state index in [0.29, 0.717) is 17.3 Å². The summed E-state index contributed by atoms with van der Waals surface area (Å²) >= 11 is 7.68. The van der Waals surface area contributed by atoms with Crippen LogP contribution in [0.15, 0.2) is 88.7 Å². The van der Waals surface area contributed by atoms with E-state index >= 15 is 0 Å². The number of aryl methyl sites for hydroxylation is 1. The van der Waals surface area contributed by atoms with Gasteiger partial charge in [-0.15, -0.1) is 11.8 Å². The highest BCUT2D eigenvalue weighted by molar-refractivity contribution is 7.99. The van der Waals surface area contributed by atoms with E-state index < -0.39 is 10.0 Å². The van der Waals surface area contributed by atoms with Crippen molar-refractivity contribution >= 4 is 45.0 Å². The van der Waals surface area contributed by atoms with Crippen LogP contribution in [0.1, 0.15) is 12.0 Å². The topological polar surface area (TPSA) is 66.5 Å². The van der Waals surface area contributed by atoms with Crippen molar-refractivity contribution in [3.8, 4) is 0 Å². The lowest BCUT2D eigenvalue weighted by molar-refractivity contribution is -0.119. The molecule has 0 saturated carbocycles. The minimum absolute atomic E-state index is 0.130. The number of carbonyl (C=O) groups is 1. The van der Waals surface area contributed by atoms with E-state index in [4.69, 9.17) is 11.6 Å². The molecule has 1 amide bonds. The van der Waals surface area contributed by atoms with Crippen molar-refractivity contribution < 1.29 is 13.2 Å². The zero-order valence-corrected chi connectivity index (χ0v) is 20.1. The molecule has 168 valence electrons. The number of nitrogens with one attached hydrogen (secondary N) is 1. The number of halogens is 1. The molecular weight excluding hydrogens is 464 g/mol. The van der Waals surface area contributed by atoms with Crippen LogP contribution in [0.25, 0.3) is 0 Å². The predicted molar refractivity (Wildman–Crippen MR) is 132 cm³/mol. The molecule has 0 radical (unpaired) electrons. The van der Waals surface area contributed by atoms with Crippen molar-refractivity contribution in [2.75, 3.05) is 23.1 Å². The average Bonchev–Trinajstić information content (AvgIpc) is 2.79. The fraction of sp³-hybridized carbons (Fsp3) is 0.208. The van der Waals surface area contributed by atoms with Gasteiger partial charge in [0.05, 0.1) is 10.6 Å². The van der Waals surface area contributed by atoms with Crippen molar-refractivity contribution in [3.05, 3.63) is 89.4 Å². The monoisotopic (exact) mass is 488 g/mol. The number of carbonyl (C=O) groups excluding carboxylic acids is 1. The number of hydrogen-bond donors (Lipinski definition) is 1. The Morgan fingerprint density at radius 1 is 0.969 bits per heavy atom. The first-order chi connectivity index (χ1) is 15.4. The summed E-state index contributed by atoms with van der Waals surface area (Å²) in [6.45, 7) is 2.04. The molecular formula is C24H25ClN2O3S2. The molecule has 3 aromatic rings. The van der Waals surface area contributed by atoms with Crippen molar-refractivity contribution in [1.82, 2.24) is 5.32 Å². The highest BCUT2D eigenvalue weighted by Gasteiger charge is 2.27. The molecule has 3 aromatic carbocycles. The normalized spacial score (nSPS) is 11.2. The van der Waals surface area contributed by atoms with Gasteiger partial charge in [-0.25, -0.2) is 8.42 Å². The van der Waals surface area contributed by atoms with Crippen LogP contribution in [0.3, 0.4) is 0 Å². The molecule has 32 heavy (non-hydrogen) atoms. The molecule has 0 aliphatic rings. The minimum atomic E-state index is -3.92. The SMILES string of the molecule is Cc1ccc(S(=O)(=O)N(CC(=O)NCCCSc2ccccc2)c2ccc(Cl)cc2)cc1. The predicted octanol–water partition coefficient (Wildman–Crippen LogP) is 5.14. The molecule has 0 saturated heterocycles. The fourth-order valence-electron chi connectivity index (χ4n) is 2.95. The van der Waals surface area contributed by atoms with Crippen LogP contribution in [0.4, 0.5) is 5.69 Å². The summed E-state index contributed by atoms with van der Waals surface area (Å²) < 4.78 is 27.7. The molecule has 0 aliphatic heterocycles. The Hall–Kier alpha value is -2.48. The first-order valence-corrected chi connectivity index (χ1v) is 13.0. The molecule has 0 atom stereocenters.